The number of anilines is 2. The Bertz CT molecular complexity index is 953. The van der Waals surface area contributed by atoms with Crippen molar-refractivity contribution in [3.05, 3.63) is 65.0 Å². The normalized spacial score (nSPS) is 10.7. The Morgan fingerprint density at radius 1 is 1.19 bits per heavy atom. The van der Waals surface area contributed by atoms with Crippen LogP contribution in [-0.2, 0) is 0 Å². The molecule has 1 N–H and O–H groups in total. The predicted molar refractivity (Wildman–Crippen MR) is 99.8 cm³/mol. The smallest absolute Gasteiger partial charge is 0.295 e. The van der Waals surface area contributed by atoms with E-state index in [2.05, 4.69) is 15.4 Å². The number of hydrogen-bond donors (Lipinski definition) is 1. The summed E-state index contributed by atoms with van der Waals surface area (Å²) >= 11 is 6.22. The fourth-order valence-corrected chi connectivity index (χ4v) is 2.91. The van der Waals surface area contributed by atoms with Gasteiger partial charge in [0.1, 0.15) is 11.6 Å². The molecule has 0 atom stereocenters. The van der Waals surface area contributed by atoms with Gasteiger partial charge < -0.3 is 10.2 Å². The summed E-state index contributed by atoms with van der Waals surface area (Å²) in [6, 6.07) is 11.0. The van der Waals surface area contributed by atoms with Gasteiger partial charge in [-0.15, -0.1) is 5.10 Å². The van der Waals surface area contributed by atoms with Crippen LogP contribution in [0.15, 0.2) is 42.5 Å². The second kappa shape index (κ2) is 7.13. The van der Waals surface area contributed by atoms with Crippen molar-refractivity contribution < 1.29 is 9.18 Å². The van der Waals surface area contributed by atoms with Gasteiger partial charge in [0.25, 0.3) is 5.91 Å². The number of benzene rings is 2. The van der Waals surface area contributed by atoms with Crippen LogP contribution in [0.25, 0.3) is 5.69 Å². The molecular formula is C18H17ClFN5O. The number of amides is 1. The number of hydrogen-bond acceptors (Lipinski definition) is 4. The fourth-order valence-electron chi connectivity index (χ4n) is 2.56. The minimum absolute atomic E-state index is 0.0107. The van der Waals surface area contributed by atoms with Crippen molar-refractivity contribution >= 4 is 28.9 Å². The van der Waals surface area contributed by atoms with Crippen LogP contribution in [0.3, 0.4) is 0 Å². The molecule has 26 heavy (non-hydrogen) atoms. The highest BCUT2D eigenvalue weighted by Crippen LogP contribution is 2.32. The van der Waals surface area contributed by atoms with E-state index in [1.165, 1.54) is 16.8 Å². The molecule has 0 saturated heterocycles. The summed E-state index contributed by atoms with van der Waals surface area (Å²) in [5.74, 6) is -0.279. The molecule has 0 bridgehead atoms. The van der Waals surface area contributed by atoms with Crippen molar-refractivity contribution in [2.45, 2.75) is 6.92 Å². The lowest BCUT2D eigenvalue weighted by Crippen LogP contribution is -2.18. The van der Waals surface area contributed by atoms with E-state index >= 15 is 0 Å². The van der Waals surface area contributed by atoms with Gasteiger partial charge in [0.15, 0.2) is 0 Å². The zero-order valence-corrected chi connectivity index (χ0v) is 15.3. The van der Waals surface area contributed by atoms with Crippen LogP contribution in [-0.4, -0.2) is 34.8 Å². The average molecular weight is 374 g/mol. The van der Waals surface area contributed by atoms with Crippen LogP contribution in [0.5, 0.6) is 0 Å². The van der Waals surface area contributed by atoms with Gasteiger partial charge in [0.05, 0.1) is 22.1 Å². The Kier molecular flexibility index (Phi) is 4.90. The van der Waals surface area contributed by atoms with Crippen LogP contribution in [0.4, 0.5) is 15.8 Å². The van der Waals surface area contributed by atoms with Crippen molar-refractivity contribution in [1.82, 2.24) is 14.8 Å². The summed E-state index contributed by atoms with van der Waals surface area (Å²) in [5, 5.41) is 7.54. The summed E-state index contributed by atoms with van der Waals surface area (Å²) in [4.78, 5) is 18.6. The first kappa shape index (κ1) is 17.9. The first-order valence-electron chi connectivity index (χ1n) is 7.83. The molecule has 3 rings (SSSR count). The fraction of sp³-hybridized carbons (Fsp3) is 0.167. The van der Waals surface area contributed by atoms with E-state index in [4.69, 9.17) is 11.6 Å². The minimum Gasteiger partial charge on any atom is -0.375 e. The molecule has 0 spiro atoms. The molecule has 1 amide bonds. The van der Waals surface area contributed by atoms with Gasteiger partial charge in [0.2, 0.25) is 5.82 Å². The number of carbonyl (C=O) groups is 1. The van der Waals surface area contributed by atoms with Gasteiger partial charge in [-0.2, -0.15) is 0 Å². The molecule has 0 unspecified atom stereocenters. The van der Waals surface area contributed by atoms with Gasteiger partial charge in [0, 0.05) is 14.1 Å². The number of nitrogens with zero attached hydrogens (tertiary/aromatic N) is 4. The van der Waals surface area contributed by atoms with Crippen LogP contribution in [0.2, 0.25) is 5.02 Å². The van der Waals surface area contributed by atoms with Gasteiger partial charge in [-0.1, -0.05) is 17.7 Å². The van der Waals surface area contributed by atoms with Crippen molar-refractivity contribution in [2.24, 2.45) is 0 Å². The van der Waals surface area contributed by atoms with Crippen LogP contribution < -0.4 is 10.2 Å². The third kappa shape index (κ3) is 3.52. The number of carbonyl (C=O) groups excluding carboxylic acids is 1. The lowest BCUT2D eigenvalue weighted by molar-refractivity contribution is 0.101. The molecule has 0 aliphatic rings. The molecule has 0 aliphatic heterocycles. The lowest BCUT2D eigenvalue weighted by atomic mass is 10.2. The molecule has 6 nitrogen and oxygen atoms in total. The van der Waals surface area contributed by atoms with E-state index in [1.807, 2.05) is 19.0 Å². The maximum atomic E-state index is 13.1. The van der Waals surface area contributed by atoms with Crippen molar-refractivity contribution in [3.8, 4) is 5.69 Å². The van der Waals surface area contributed by atoms with Crippen LogP contribution in [0, 0.1) is 12.7 Å². The molecular weight excluding hydrogens is 357 g/mol. The Hall–Kier alpha value is -2.93. The first-order valence-corrected chi connectivity index (χ1v) is 8.21. The topological polar surface area (TPSA) is 63.1 Å². The summed E-state index contributed by atoms with van der Waals surface area (Å²) in [7, 11) is 3.67. The van der Waals surface area contributed by atoms with Crippen molar-refractivity contribution in [2.75, 3.05) is 24.3 Å². The first-order chi connectivity index (χ1) is 12.4. The van der Waals surface area contributed by atoms with Gasteiger partial charge in [-0.05, 0) is 43.3 Å². The Morgan fingerprint density at radius 3 is 2.54 bits per heavy atom. The van der Waals surface area contributed by atoms with E-state index in [-0.39, 0.29) is 11.6 Å². The van der Waals surface area contributed by atoms with E-state index in [0.717, 1.165) is 0 Å². The monoisotopic (exact) mass is 373 g/mol. The Balaban J connectivity index is 1.89. The molecule has 0 fully saturated rings. The van der Waals surface area contributed by atoms with Crippen molar-refractivity contribution in [3.63, 3.8) is 0 Å². The number of para-hydroxylation sites is 1. The molecule has 1 heterocycles. The van der Waals surface area contributed by atoms with Crippen LogP contribution in [0.1, 0.15) is 16.4 Å². The maximum absolute atomic E-state index is 13.1. The molecule has 0 saturated carbocycles. The second-order valence-corrected chi connectivity index (χ2v) is 6.26. The molecule has 134 valence electrons. The summed E-state index contributed by atoms with van der Waals surface area (Å²) < 4.78 is 14.6. The highest BCUT2D eigenvalue weighted by molar-refractivity contribution is 6.34. The second-order valence-electron chi connectivity index (χ2n) is 5.86. The molecule has 1 aromatic heterocycles. The zero-order chi connectivity index (χ0) is 18.8. The Morgan fingerprint density at radius 2 is 1.88 bits per heavy atom. The van der Waals surface area contributed by atoms with E-state index in [1.54, 1.807) is 37.3 Å². The number of halogens is 2. The highest BCUT2D eigenvalue weighted by Gasteiger charge is 2.18. The standard InChI is InChI=1S/C18H17ClFN5O/c1-11-21-17(23-25(11)13-9-7-12(20)8-10-13)18(26)22-15-6-4-5-14(19)16(15)24(2)3/h4-10H,1-3H3,(H,22,26). The molecule has 8 heteroatoms. The molecule has 2 aromatic carbocycles. The third-order valence-corrected chi connectivity index (χ3v) is 4.03. The minimum atomic E-state index is -0.459. The number of aromatic nitrogens is 3. The largest absolute Gasteiger partial charge is 0.375 e. The van der Waals surface area contributed by atoms with Gasteiger partial charge in [-0.25, -0.2) is 14.1 Å². The molecule has 3 aromatic rings. The Labute approximate surface area is 155 Å². The predicted octanol–water partition coefficient (Wildman–Crippen LogP) is 3.69. The van der Waals surface area contributed by atoms with Crippen molar-refractivity contribution in [1.29, 1.82) is 0 Å². The summed E-state index contributed by atoms with van der Waals surface area (Å²) in [6.07, 6.45) is 0. The average Bonchev–Trinajstić information content (AvgIpc) is 2.97. The van der Waals surface area contributed by atoms with Gasteiger partial charge >= 0.3 is 0 Å². The highest BCUT2D eigenvalue weighted by atomic mass is 35.5. The number of nitrogens with one attached hydrogen (secondary N) is 1. The lowest BCUT2D eigenvalue weighted by Gasteiger charge is -2.18. The quantitative estimate of drug-likeness (QED) is 0.757. The number of rotatable bonds is 4. The maximum Gasteiger partial charge on any atom is 0.295 e. The zero-order valence-electron chi connectivity index (χ0n) is 14.5. The van der Waals surface area contributed by atoms with Crippen LogP contribution >= 0.6 is 11.6 Å². The molecule has 0 radical (unpaired) electrons. The SMILES string of the molecule is Cc1nc(C(=O)Nc2cccc(Cl)c2N(C)C)nn1-c1ccc(F)cc1. The van der Waals surface area contributed by atoms with E-state index < -0.39 is 5.91 Å². The summed E-state index contributed by atoms with van der Waals surface area (Å²) in [5.41, 5.74) is 1.87. The van der Waals surface area contributed by atoms with Gasteiger partial charge in [-0.3, -0.25) is 4.79 Å². The van der Waals surface area contributed by atoms with E-state index in [9.17, 15) is 9.18 Å². The summed E-state index contributed by atoms with van der Waals surface area (Å²) in [6.45, 7) is 1.72. The number of aryl methyl sites for hydroxylation is 1. The van der Waals surface area contributed by atoms with E-state index in [0.29, 0.717) is 27.9 Å². The third-order valence-electron chi connectivity index (χ3n) is 3.73. The molecule has 0 aliphatic carbocycles.